The van der Waals surface area contributed by atoms with Crippen molar-refractivity contribution in [2.24, 2.45) is 16.7 Å². The second-order valence-electron chi connectivity index (χ2n) is 9.46. The number of ether oxygens (including phenoxy) is 1. The van der Waals surface area contributed by atoms with Crippen molar-refractivity contribution in [1.29, 1.82) is 0 Å². The maximum atomic E-state index is 13.7. The van der Waals surface area contributed by atoms with E-state index >= 15 is 0 Å². The molecule has 1 fully saturated rings. The number of carbonyl (C=O) groups excluding carboxylic acids is 1. The van der Waals surface area contributed by atoms with Crippen molar-refractivity contribution in [3.63, 3.8) is 0 Å². The van der Waals surface area contributed by atoms with Gasteiger partial charge in [-0.1, -0.05) is 57.2 Å². The lowest BCUT2D eigenvalue weighted by Gasteiger charge is -2.45. The summed E-state index contributed by atoms with van der Waals surface area (Å²) < 4.78 is 7.16. The summed E-state index contributed by atoms with van der Waals surface area (Å²) in [6.45, 7) is 8.36. The maximum Gasteiger partial charge on any atom is 0.279 e. The molecule has 1 aromatic heterocycles. The van der Waals surface area contributed by atoms with Crippen LogP contribution in [0.4, 0.5) is 0 Å². The Labute approximate surface area is 186 Å². The Balaban J connectivity index is 1.59. The number of aryl methyl sites for hydroxylation is 1. The van der Waals surface area contributed by atoms with Crippen LogP contribution >= 0.6 is 11.3 Å². The van der Waals surface area contributed by atoms with Crippen LogP contribution in [-0.4, -0.2) is 15.9 Å². The van der Waals surface area contributed by atoms with Gasteiger partial charge in [-0.3, -0.25) is 4.79 Å². The molecule has 2 atom stereocenters. The zero-order valence-electron chi connectivity index (χ0n) is 18.4. The molecule has 0 saturated heterocycles. The van der Waals surface area contributed by atoms with Crippen molar-refractivity contribution < 1.29 is 14.6 Å². The number of Topliss-reactive ketones (excluding diaryl/α,β-unsaturated/α-hetero) is 1. The molecule has 0 radical (unpaired) electrons. The number of hydrogen-bond donors (Lipinski definition) is 1. The Morgan fingerprint density at radius 2 is 1.97 bits per heavy atom. The normalized spacial score (nSPS) is 24.8. The van der Waals surface area contributed by atoms with Crippen LogP contribution < -0.4 is 4.74 Å². The van der Waals surface area contributed by atoms with Crippen molar-refractivity contribution >= 4 is 32.9 Å². The zero-order valence-corrected chi connectivity index (χ0v) is 19.2. The quantitative estimate of drug-likeness (QED) is 0.484. The lowest BCUT2D eigenvalue weighted by atomic mass is 9.58. The summed E-state index contributed by atoms with van der Waals surface area (Å²) >= 11 is 1.49. The highest BCUT2D eigenvalue weighted by atomic mass is 32.1. The number of allylic oxidation sites excluding steroid dienone is 2. The van der Waals surface area contributed by atoms with Gasteiger partial charge in [0.2, 0.25) is 0 Å². The van der Waals surface area contributed by atoms with Crippen LogP contribution in [0.2, 0.25) is 0 Å². The van der Waals surface area contributed by atoms with Crippen molar-refractivity contribution in [3.05, 3.63) is 59.4 Å². The summed E-state index contributed by atoms with van der Waals surface area (Å²) in [7, 11) is 0. The third-order valence-electron chi connectivity index (χ3n) is 7.75. The average Bonchev–Trinajstić information content (AvgIpc) is 3.22. The summed E-state index contributed by atoms with van der Waals surface area (Å²) in [6.07, 6.45) is 2.42. The Kier molecular flexibility index (Phi) is 4.52. The number of nitrogens with zero attached hydrogens (tertiary/aromatic N) is 1. The number of aromatic nitrogens is 1. The Bertz CT molecular complexity index is 1210. The van der Waals surface area contributed by atoms with E-state index in [-0.39, 0.29) is 22.9 Å². The molecule has 1 N–H and O–H groups in total. The van der Waals surface area contributed by atoms with Crippen LogP contribution in [0.5, 0.6) is 10.9 Å². The topological polar surface area (TPSA) is 59.4 Å². The summed E-state index contributed by atoms with van der Waals surface area (Å²) in [5.41, 5.74) is 2.50. The molecule has 2 bridgehead atoms. The largest absolute Gasteiger partial charge is 0.511 e. The highest BCUT2D eigenvalue weighted by Gasteiger charge is 2.61. The molecule has 4 nitrogen and oxygen atoms in total. The fourth-order valence-electron chi connectivity index (χ4n) is 5.37. The lowest BCUT2D eigenvalue weighted by Crippen LogP contribution is -2.45. The van der Waals surface area contributed by atoms with E-state index in [9.17, 15) is 9.90 Å². The van der Waals surface area contributed by atoms with Crippen LogP contribution in [-0.2, 0) is 11.2 Å². The Morgan fingerprint density at radius 3 is 2.71 bits per heavy atom. The highest BCUT2D eigenvalue weighted by Crippen LogP contribution is 2.63. The van der Waals surface area contributed by atoms with E-state index in [0.717, 1.165) is 40.6 Å². The maximum absolute atomic E-state index is 13.7. The van der Waals surface area contributed by atoms with Crippen LogP contribution in [0.15, 0.2) is 48.2 Å². The van der Waals surface area contributed by atoms with Gasteiger partial charge in [-0.2, -0.15) is 0 Å². The molecule has 0 spiro atoms. The molecule has 1 heterocycles. The summed E-state index contributed by atoms with van der Waals surface area (Å²) in [6, 6.07) is 13.7. The molecule has 5 rings (SSSR count). The first-order chi connectivity index (χ1) is 14.8. The third kappa shape index (κ3) is 2.86. The number of para-hydroxylation sites is 1. The van der Waals surface area contributed by atoms with Crippen LogP contribution in [0.1, 0.15) is 51.7 Å². The first-order valence-corrected chi connectivity index (χ1v) is 11.7. The second kappa shape index (κ2) is 6.92. The van der Waals surface area contributed by atoms with E-state index in [2.05, 4.69) is 32.7 Å². The number of aliphatic hydroxyl groups is 1. The molecule has 0 aliphatic heterocycles. The third-order valence-corrected chi connectivity index (χ3v) is 8.67. The van der Waals surface area contributed by atoms with E-state index < -0.39 is 5.41 Å². The molecule has 0 amide bonds. The minimum Gasteiger partial charge on any atom is -0.511 e. The molecule has 1 saturated carbocycles. The minimum absolute atomic E-state index is 0.00347. The summed E-state index contributed by atoms with van der Waals surface area (Å²) in [5, 5.41) is 11.8. The average molecular weight is 434 g/mol. The minimum atomic E-state index is -0.464. The molecule has 160 valence electrons. The van der Waals surface area contributed by atoms with Gasteiger partial charge in [0.25, 0.3) is 5.19 Å². The van der Waals surface area contributed by atoms with E-state index in [0.29, 0.717) is 16.5 Å². The standard InChI is InChI=1S/C26H27NO3S/c1-5-15-10-11-16(30-24-27-19-8-6-7-9-20(19)31-24)14-17(15)21-22(28)18-12-13-26(4,23(21)29)25(18,2)3/h6-11,14,18,28H,5,12-13H2,1-4H3/t18-,26+/m0/s1. The highest BCUT2D eigenvalue weighted by molar-refractivity contribution is 7.20. The number of hydrogen-bond acceptors (Lipinski definition) is 5. The van der Waals surface area contributed by atoms with Crippen molar-refractivity contribution in [1.82, 2.24) is 4.98 Å². The van der Waals surface area contributed by atoms with Gasteiger partial charge in [0, 0.05) is 11.3 Å². The molecular weight excluding hydrogens is 406 g/mol. The lowest BCUT2D eigenvalue weighted by molar-refractivity contribution is -0.128. The fourth-order valence-corrected chi connectivity index (χ4v) is 6.20. The van der Waals surface area contributed by atoms with E-state index in [1.165, 1.54) is 11.3 Å². The van der Waals surface area contributed by atoms with Crippen LogP contribution in [0.3, 0.4) is 0 Å². The zero-order chi connectivity index (χ0) is 22.0. The van der Waals surface area contributed by atoms with E-state index in [1.54, 1.807) is 0 Å². The smallest absolute Gasteiger partial charge is 0.279 e. The SMILES string of the molecule is CCc1ccc(Oc2nc3ccccc3s2)cc1C1=C(O)[C@@H]2CC[C@](C)(C1=O)C2(C)C. The van der Waals surface area contributed by atoms with Gasteiger partial charge in [-0.15, -0.1) is 0 Å². The van der Waals surface area contributed by atoms with Crippen LogP contribution in [0, 0.1) is 16.7 Å². The van der Waals surface area contributed by atoms with Crippen molar-refractivity contribution in [3.8, 4) is 10.9 Å². The number of rotatable bonds is 4. The molecule has 2 aromatic carbocycles. The fraction of sp³-hybridized carbons (Fsp3) is 0.385. The molecule has 2 aliphatic rings. The number of fused-ring (bicyclic) bond motifs is 3. The number of ketones is 1. The molecule has 2 aliphatic carbocycles. The predicted molar refractivity (Wildman–Crippen MR) is 125 cm³/mol. The number of aliphatic hydroxyl groups excluding tert-OH is 1. The number of benzene rings is 2. The van der Waals surface area contributed by atoms with E-state index in [1.807, 2.05) is 42.5 Å². The summed E-state index contributed by atoms with van der Waals surface area (Å²) in [5.74, 6) is 0.929. The number of thiazole rings is 1. The molecule has 3 aromatic rings. The first kappa shape index (κ1) is 20.3. The number of carbonyl (C=O) groups is 1. The second-order valence-corrected chi connectivity index (χ2v) is 10.4. The van der Waals surface area contributed by atoms with Gasteiger partial charge in [0.15, 0.2) is 5.78 Å². The van der Waals surface area contributed by atoms with E-state index in [4.69, 9.17) is 4.74 Å². The summed E-state index contributed by atoms with van der Waals surface area (Å²) in [4.78, 5) is 18.3. The molecule has 5 heteroatoms. The monoisotopic (exact) mass is 433 g/mol. The predicted octanol–water partition coefficient (Wildman–Crippen LogP) is 6.95. The van der Waals surface area contributed by atoms with Gasteiger partial charge in [0.05, 0.1) is 15.8 Å². The van der Waals surface area contributed by atoms with Crippen molar-refractivity contribution in [2.45, 2.75) is 47.0 Å². The van der Waals surface area contributed by atoms with Gasteiger partial charge in [0.1, 0.15) is 11.5 Å². The molecule has 0 unspecified atom stereocenters. The first-order valence-electron chi connectivity index (χ1n) is 10.9. The molecular formula is C26H27NO3S. The van der Waals surface area contributed by atoms with Gasteiger partial charge in [-0.05, 0) is 60.1 Å². The Morgan fingerprint density at radius 1 is 1.19 bits per heavy atom. The molecule has 31 heavy (non-hydrogen) atoms. The Hall–Kier alpha value is -2.66. The van der Waals surface area contributed by atoms with Gasteiger partial charge < -0.3 is 9.84 Å². The van der Waals surface area contributed by atoms with Gasteiger partial charge >= 0.3 is 0 Å². The van der Waals surface area contributed by atoms with Crippen LogP contribution in [0.25, 0.3) is 15.8 Å². The van der Waals surface area contributed by atoms with Gasteiger partial charge in [-0.25, -0.2) is 4.98 Å². The van der Waals surface area contributed by atoms with Crippen molar-refractivity contribution in [2.75, 3.05) is 0 Å².